The quantitative estimate of drug-likeness (QED) is 0.712. The van der Waals surface area contributed by atoms with Crippen molar-refractivity contribution in [3.05, 3.63) is 0 Å². The predicted octanol–water partition coefficient (Wildman–Crippen LogP) is 2.37. The molecule has 1 heterocycles. The summed E-state index contributed by atoms with van der Waals surface area (Å²) in [4.78, 5) is 0. The van der Waals surface area contributed by atoms with E-state index in [2.05, 4.69) is 44.8 Å². The molecule has 1 fully saturated rings. The van der Waals surface area contributed by atoms with E-state index in [1.165, 1.54) is 11.5 Å². The topological polar surface area (TPSA) is 12.0 Å². The van der Waals surface area contributed by atoms with Gasteiger partial charge in [0.1, 0.15) is 0 Å². The van der Waals surface area contributed by atoms with Crippen molar-refractivity contribution in [1.82, 2.24) is 5.32 Å². The van der Waals surface area contributed by atoms with Crippen LogP contribution in [-0.2, 0) is 0 Å². The first-order valence-corrected chi connectivity index (χ1v) is 6.10. The smallest absolute Gasteiger partial charge is 0.0184 e. The van der Waals surface area contributed by atoms with E-state index in [0.29, 0.717) is 0 Å². The van der Waals surface area contributed by atoms with Gasteiger partial charge in [-0.05, 0) is 11.8 Å². The summed E-state index contributed by atoms with van der Waals surface area (Å²) in [6, 6.07) is 1.47. The molecule has 12 heavy (non-hydrogen) atoms. The molecule has 0 saturated carbocycles. The van der Waals surface area contributed by atoms with Crippen LogP contribution in [0.1, 0.15) is 27.7 Å². The van der Waals surface area contributed by atoms with Crippen molar-refractivity contribution in [2.24, 2.45) is 11.8 Å². The van der Waals surface area contributed by atoms with Crippen LogP contribution in [0.2, 0.25) is 0 Å². The van der Waals surface area contributed by atoms with Gasteiger partial charge in [-0.3, -0.25) is 0 Å². The molecule has 1 rings (SSSR count). The molecule has 72 valence electrons. The maximum absolute atomic E-state index is 3.73. The highest BCUT2D eigenvalue weighted by atomic mass is 32.2. The Labute approximate surface area is 80.7 Å². The summed E-state index contributed by atoms with van der Waals surface area (Å²) in [7, 11) is 0. The second-order valence-electron chi connectivity index (χ2n) is 4.41. The van der Waals surface area contributed by atoms with Crippen LogP contribution in [0.4, 0.5) is 0 Å². The fraction of sp³-hybridized carbons (Fsp3) is 1.00. The number of nitrogens with one attached hydrogen (secondary N) is 1. The van der Waals surface area contributed by atoms with Crippen LogP contribution in [0.15, 0.2) is 0 Å². The third-order valence-electron chi connectivity index (χ3n) is 2.63. The minimum atomic E-state index is 0.733. The molecule has 0 amide bonds. The highest BCUT2D eigenvalue weighted by Crippen LogP contribution is 2.21. The summed E-state index contributed by atoms with van der Waals surface area (Å²) in [5.41, 5.74) is 0. The van der Waals surface area contributed by atoms with Gasteiger partial charge in [0.25, 0.3) is 0 Å². The standard InChI is InChI=1S/C10H21NS/c1-7(2)9-5-12-6-10(11-9)8(3)4/h7-11H,5-6H2,1-4H3. The van der Waals surface area contributed by atoms with E-state index in [1.54, 1.807) is 0 Å². The second kappa shape index (κ2) is 4.52. The van der Waals surface area contributed by atoms with Gasteiger partial charge in [0.15, 0.2) is 0 Å². The van der Waals surface area contributed by atoms with E-state index in [-0.39, 0.29) is 0 Å². The van der Waals surface area contributed by atoms with Crippen LogP contribution in [-0.4, -0.2) is 23.6 Å². The monoisotopic (exact) mass is 187 g/mol. The molecule has 1 aliphatic rings. The Kier molecular flexibility index (Phi) is 3.91. The largest absolute Gasteiger partial charge is 0.309 e. The zero-order chi connectivity index (χ0) is 9.14. The fourth-order valence-electron chi connectivity index (χ4n) is 1.46. The van der Waals surface area contributed by atoms with Crippen molar-refractivity contribution in [3.8, 4) is 0 Å². The van der Waals surface area contributed by atoms with Crippen molar-refractivity contribution < 1.29 is 0 Å². The molecule has 0 spiro atoms. The molecule has 1 nitrogen and oxygen atoms in total. The van der Waals surface area contributed by atoms with Crippen LogP contribution in [0, 0.1) is 11.8 Å². The third-order valence-corrected chi connectivity index (χ3v) is 3.82. The number of hydrogen-bond acceptors (Lipinski definition) is 2. The summed E-state index contributed by atoms with van der Waals surface area (Å²) in [5.74, 6) is 4.14. The summed E-state index contributed by atoms with van der Waals surface area (Å²) in [6.07, 6.45) is 0. The van der Waals surface area contributed by atoms with Gasteiger partial charge in [0.2, 0.25) is 0 Å². The van der Waals surface area contributed by atoms with Gasteiger partial charge in [0.05, 0.1) is 0 Å². The number of rotatable bonds is 2. The van der Waals surface area contributed by atoms with E-state index < -0.39 is 0 Å². The SMILES string of the molecule is CC(C)C1CSCC(C(C)C)N1. The van der Waals surface area contributed by atoms with E-state index >= 15 is 0 Å². The molecule has 0 aromatic carbocycles. The molecule has 0 radical (unpaired) electrons. The average Bonchev–Trinajstić information content (AvgIpc) is 2.04. The van der Waals surface area contributed by atoms with Gasteiger partial charge in [-0.15, -0.1) is 0 Å². The normalized spacial score (nSPS) is 31.5. The van der Waals surface area contributed by atoms with Gasteiger partial charge in [0, 0.05) is 23.6 Å². The summed E-state index contributed by atoms with van der Waals surface area (Å²) in [5, 5.41) is 3.73. The first-order chi connectivity index (χ1) is 5.61. The lowest BCUT2D eigenvalue weighted by atomic mass is 10.0. The predicted molar refractivity (Wildman–Crippen MR) is 57.7 cm³/mol. The van der Waals surface area contributed by atoms with Crippen molar-refractivity contribution in [2.45, 2.75) is 39.8 Å². The molecule has 0 aromatic heterocycles. The average molecular weight is 187 g/mol. The van der Waals surface area contributed by atoms with Gasteiger partial charge >= 0.3 is 0 Å². The van der Waals surface area contributed by atoms with E-state index in [1.807, 2.05) is 0 Å². The zero-order valence-electron chi connectivity index (χ0n) is 8.63. The van der Waals surface area contributed by atoms with E-state index in [4.69, 9.17) is 0 Å². The van der Waals surface area contributed by atoms with Gasteiger partial charge in [-0.25, -0.2) is 0 Å². The lowest BCUT2D eigenvalue weighted by Gasteiger charge is -2.35. The number of thioether (sulfide) groups is 1. The molecule has 1 aliphatic heterocycles. The third kappa shape index (κ3) is 2.67. The molecule has 0 aromatic rings. The van der Waals surface area contributed by atoms with Crippen molar-refractivity contribution in [3.63, 3.8) is 0 Å². The van der Waals surface area contributed by atoms with Gasteiger partial charge in [-0.1, -0.05) is 27.7 Å². The molecule has 1 N–H and O–H groups in total. The Bertz CT molecular complexity index is 120. The van der Waals surface area contributed by atoms with Crippen molar-refractivity contribution in [1.29, 1.82) is 0 Å². The van der Waals surface area contributed by atoms with Crippen LogP contribution < -0.4 is 5.32 Å². The maximum atomic E-state index is 3.73. The van der Waals surface area contributed by atoms with Crippen LogP contribution >= 0.6 is 11.8 Å². The Morgan fingerprint density at radius 3 is 1.75 bits per heavy atom. The Morgan fingerprint density at radius 1 is 1.00 bits per heavy atom. The van der Waals surface area contributed by atoms with E-state index in [0.717, 1.165) is 23.9 Å². The zero-order valence-corrected chi connectivity index (χ0v) is 9.45. The Hall–Kier alpha value is 0.310. The fourth-order valence-corrected chi connectivity index (χ4v) is 3.07. The lowest BCUT2D eigenvalue weighted by Crippen LogP contribution is -2.50. The summed E-state index contributed by atoms with van der Waals surface area (Å²) >= 11 is 2.11. The second-order valence-corrected chi connectivity index (χ2v) is 5.48. The van der Waals surface area contributed by atoms with Crippen molar-refractivity contribution >= 4 is 11.8 Å². The van der Waals surface area contributed by atoms with Crippen molar-refractivity contribution in [2.75, 3.05) is 11.5 Å². The number of hydrogen-bond donors (Lipinski definition) is 1. The summed E-state index contributed by atoms with van der Waals surface area (Å²) < 4.78 is 0. The Balaban J connectivity index is 2.40. The van der Waals surface area contributed by atoms with E-state index in [9.17, 15) is 0 Å². The minimum Gasteiger partial charge on any atom is -0.309 e. The molecule has 2 heteroatoms. The van der Waals surface area contributed by atoms with Crippen LogP contribution in [0.3, 0.4) is 0 Å². The Morgan fingerprint density at radius 2 is 1.42 bits per heavy atom. The van der Waals surface area contributed by atoms with Gasteiger partial charge < -0.3 is 5.32 Å². The molecular formula is C10H21NS. The molecule has 2 atom stereocenters. The molecule has 0 aliphatic carbocycles. The molecule has 1 saturated heterocycles. The lowest BCUT2D eigenvalue weighted by molar-refractivity contribution is 0.333. The summed E-state index contributed by atoms with van der Waals surface area (Å²) in [6.45, 7) is 9.23. The highest BCUT2D eigenvalue weighted by molar-refractivity contribution is 7.99. The molecule has 0 bridgehead atoms. The van der Waals surface area contributed by atoms with Crippen LogP contribution in [0.25, 0.3) is 0 Å². The van der Waals surface area contributed by atoms with Gasteiger partial charge in [-0.2, -0.15) is 11.8 Å². The highest BCUT2D eigenvalue weighted by Gasteiger charge is 2.24. The molecule has 2 unspecified atom stereocenters. The van der Waals surface area contributed by atoms with Crippen LogP contribution in [0.5, 0.6) is 0 Å². The molecular weight excluding hydrogens is 166 g/mol. The first-order valence-electron chi connectivity index (χ1n) is 4.95. The minimum absolute atomic E-state index is 0.733. The maximum Gasteiger partial charge on any atom is 0.0184 e. The first kappa shape index (κ1) is 10.4.